The van der Waals surface area contributed by atoms with Gasteiger partial charge in [-0.1, -0.05) is 18.2 Å². The molecule has 0 aromatic heterocycles. The van der Waals surface area contributed by atoms with Crippen molar-refractivity contribution in [2.75, 3.05) is 5.32 Å². The lowest BCUT2D eigenvalue weighted by molar-refractivity contribution is 0.102. The van der Waals surface area contributed by atoms with Crippen LogP contribution >= 0.6 is 0 Å². The van der Waals surface area contributed by atoms with Crippen LogP contribution < -0.4 is 11.1 Å². The summed E-state index contributed by atoms with van der Waals surface area (Å²) >= 11 is 0. The molecular formula is C14H13FN2O2. The maximum atomic E-state index is 13.1. The molecule has 0 radical (unpaired) electrons. The number of amides is 1. The molecule has 0 atom stereocenters. The van der Waals surface area contributed by atoms with Crippen LogP contribution in [0.25, 0.3) is 0 Å². The number of aromatic hydroxyl groups is 1. The standard InChI is InChI=1S/C14H13FN2O2/c15-10-5-6-13(18)11(7-10)14(19)17-12-4-2-1-3-9(12)8-16/h1-7,18H,8,16H2,(H,17,19). The predicted octanol–water partition coefficient (Wildman–Crippen LogP) is 2.24. The fourth-order valence-corrected chi connectivity index (χ4v) is 1.70. The van der Waals surface area contributed by atoms with Crippen LogP contribution in [-0.4, -0.2) is 11.0 Å². The lowest BCUT2D eigenvalue weighted by Crippen LogP contribution is -2.14. The molecule has 2 aromatic carbocycles. The first-order chi connectivity index (χ1) is 9.11. The van der Waals surface area contributed by atoms with Gasteiger partial charge in [0.25, 0.3) is 5.91 Å². The number of phenols is 1. The summed E-state index contributed by atoms with van der Waals surface area (Å²) in [4.78, 5) is 12.0. The molecule has 0 fully saturated rings. The summed E-state index contributed by atoms with van der Waals surface area (Å²) in [7, 11) is 0. The molecule has 2 rings (SSSR count). The Kier molecular flexibility index (Phi) is 3.77. The second-order valence-corrected chi connectivity index (χ2v) is 3.98. The third kappa shape index (κ3) is 2.89. The largest absolute Gasteiger partial charge is 0.507 e. The number of hydrogen-bond donors (Lipinski definition) is 3. The van der Waals surface area contributed by atoms with Gasteiger partial charge in [0, 0.05) is 12.2 Å². The molecule has 19 heavy (non-hydrogen) atoms. The molecule has 0 aliphatic heterocycles. The quantitative estimate of drug-likeness (QED) is 0.792. The van der Waals surface area contributed by atoms with Crippen LogP contribution in [0, 0.1) is 5.82 Å². The molecule has 0 heterocycles. The summed E-state index contributed by atoms with van der Waals surface area (Å²) < 4.78 is 13.1. The van der Waals surface area contributed by atoms with Gasteiger partial charge in [0.1, 0.15) is 11.6 Å². The van der Waals surface area contributed by atoms with Crippen LogP contribution in [0.5, 0.6) is 5.75 Å². The number of halogens is 1. The number of para-hydroxylation sites is 1. The van der Waals surface area contributed by atoms with Crippen LogP contribution in [0.3, 0.4) is 0 Å². The van der Waals surface area contributed by atoms with Crippen molar-refractivity contribution < 1.29 is 14.3 Å². The van der Waals surface area contributed by atoms with Crippen LogP contribution in [0.15, 0.2) is 42.5 Å². The number of nitrogens with two attached hydrogens (primary N) is 1. The van der Waals surface area contributed by atoms with Crippen molar-refractivity contribution in [1.82, 2.24) is 0 Å². The molecule has 0 spiro atoms. The van der Waals surface area contributed by atoms with E-state index in [9.17, 15) is 14.3 Å². The Hall–Kier alpha value is -2.40. The van der Waals surface area contributed by atoms with E-state index in [0.29, 0.717) is 5.69 Å². The first-order valence-corrected chi connectivity index (χ1v) is 5.69. The highest BCUT2D eigenvalue weighted by molar-refractivity contribution is 6.06. The Labute approximate surface area is 109 Å². The summed E-state index contributed by atoms with van der Waals surface area (Å²) in [6.45, 7) is 0.269. The Bertz CT molecular complexity index is 614. The fraction of sp³-hybridized carbons (Fsp3) is 0.0714. The normalized spacial score (nSPS) is 10.2. The zero-order chi connectivity index (χ0) is 13.8. The smallest absolute Gasteiger partial charge is 0.259 e. The van der Waals surface area contributed by atoms with E-state index in [1.807, 2.05) is 0 Å². The summed E-state index contributed by atoms with van der Waals surface area (Å²) in [6, 6.07) is 10.2. The van der Waals surface area contributed by atoms with Gasteiger partial charge in [0.15, 0.2) is 0 Å². The molecule has 0 saturated carbocycles. The Balaban J connectivity index is 2.28. The lowest BCUT2D eigenvalue weighted by Gasteiger charge is -2.10. The van der Waals surface area contributed by atoms with Crippen molar-refractivity contribution in [2.45, 2.75) is 6.54 Å². The maximum absolute atomic E-state index is 13.1. The second-order valence-electron chi connectivity index (χ2n) is 3.98. The monoisotopic (exact) mass is 260 g/mol. The molecule has 4 nitrogen and oxygen atoms in total. The topological polar surface area (TPSA) is 75.3 Å². The summed E-state index contributed by atoms with van der Waals surface area (Å²) in [5, 5.41) is 12.2. The van der Waals surface area contributed by atoms with Crippen molar-refractivity contribution >= 4 is 11.6 Å². The van der Waals surface area contributed by atoms with Gasteiger partial charge in [0.2, 0.25) is 0 Å². The van der Waals surface area contributed by atoms with Gasteiger partial charge >= 0.3 is 0 Å². The Morgan fingerprint density at radius 3 is 2.74 bits per heavy atom. The van der Waals surface area contributed by atoms with Crippen molar-refractivity contribution in [3.8, 4) is 5.75 Å². The predicted molar refractivity (Wildman–Crippen MR) is 70.4 cm³/mol. The number of rotatable bonds is 3. The average Bonchev–Trinajstić information content (AvgIpc) is 2.42. The van der Waals surface area contributed by atoms with Crippen molar-refractivity contribution in [1.29, 1.82) is 0 Å². The molecule has 0 saturated heterocycles. The number of nitrogens with one attached hydrogen (secondary N) is 1. The van der Waals surface area contributed by atoms with Crippen LogP contribution in [-0.2, 0) is 6.54 Å². The van der Waals surface area contributed by atoms with Gasteiger partial charge in [0.05, 0.1) is 5.56 Å². The highest BCUT2D eigenvalue weighted by Gasteiger charge is 2.13. The van der Waals surface area contributed by atoms with E-state index in [2.05, 4.69) is 5.32 Å². The van der Waals surface area contributed by atoms with Crippen molar-refractivity contribution in [3.05, 3.63) is 59.4 Å². The minimum atomic E-state index is -0.588. The van der Waals surface area contributed by atoms with Crippen LogP contribution in [0.1, 0.15) is 15.9 Å². The number of phenolic OH excluding ortho intramolecular Hbond substituents is 1. The van der Waals surface area contributed by atoms with Gasteiger partial charge in [-0.15, -0.1) is 0 Å². The van der Waals surface area contributed by atoms with E-state index in [1.54, 1.807) is 24.3 Å². The first kappa shape index (κ1) is 13.0. The first-order valence-electron chi connectivity index (χ1n) is 5.69. The van der Waals surface area contributed by atoms with E-state index in [1.165, 1.54) is 0 Å². The average molecular weight is 260 g/mol. The van der Waals surface area contributed by atoms with Gasteiger partial charge in [-0.25, -0.2) is 4.39 Å². The molecule has 5 heteroatoms. The zero-order valence-corrected chi connectivity index (χ0v) is 10.1. The van der Waals surface area contributed by atoms with E-state index >= 15 is 0 Å². The molecule has 2 aromatic rings. The molecule has 0 aliphatic rings. The van der Waals surface area contributed by atoms with Gasteiger partial charge in [-0.05, 0) is 29.8 Å². The molecule has 0 bridgehead atoms. The van der Waals surface area contributed by atoms with Gasteiger partial charge in [-0.3, -0.25) is 4.79 Å². The van der Waals surface area contributed by atoms with Gasteiger partial charge in [-0.2, -0.15) is 0 Å². The van der Waals surface area contributed by atoms with Gasteiger partial charge < -0.3 is 16.2 Å². The maximum Gasteiger partial charge on any atom is 0.259 e. The highest BCUT2D eigenvalue weighted by atomic mass is 19.1. The number of anilines is 1. The fourth-order valence-electron chi connectivity index (χ4n) is 1.70. The number of carbonyl (C=O) groups is 1. The highest BCUT2D eigenvalue weighted by Crippen LogP contribution is 2.21. The minimum absolute atomic E-state index is 0.119. The molecule has 4 N–H and O–H groups in total. The minimum Gasteiger partial charge on any atom is -0.507 e. The van der Waals surface area contributed by atoms with E-state index in [0.717, 1.165) is 23.8 Å². The third-order valence-electron chi connectivity index (χ3n) is 2.69. The lowest BCUT2D eigenvalue weighted by atomic mass is 10.1. The molecular weight excluding hydrogens is 247 g/mol. The number of hydrogen-bond acceptors (Lipinski definition) is 3. The third-order valence-corrected chi connectivity index (χ3v) is 2.69. The molecule has 98 valence electrons. The Morgan fingerprint density at radius 2 is 2.00 bits per heavy atom. The summed E-state index contributed by atoms with van der Waals surface area (Å²) in [6.07, 6.45) is 0. The van der Waals surface area contributed by atoms with E-state index in [4.69, 9.17) is 5.73 Å². The summed E-state index contributed by atoms with van der Waals surface area (Å²) in [5.41, 5.74) is 6.74. The molecule has 0 aliphatic carbocycles. The van der Waals surface area contributed by atoms with E-state index in [-0.39, 0.29) is 17.9 Å². The van der Waals surface area contributed by atoms with E-state index < -0.39 is 11.7 Å². The second kappa shape index (κ2) is 5.49. The SMILES string of the molecule is NCc1ccccc1NC(=O)c1cc(F)ccc1O. The summed E-state index contributed by atoms with van der Waals surface area (Å²) in [5.74, 6) is -1.45. The zero-order valence-electron chi connectivity index (χ0n) is 10.1. The molecule has 0 unspecified atom stereocenters. The van der Waals surface area contributed by atoms with Crippen LogP contribution in [0.4, 0.5) is 10.1 Å². The number of benzene rings is 2. The van der Waals surface area contributed by atoms with Crippen molar-refractivity contribution in [2.24, 2.45) is 5.73 Å². The van der Waals surface area contributed by atoms with Crippen molar-refractivity contribution in [3.63, 3.8) is 0 Å². The van der Waals surface area contributed by atoms with Crippen LogP contribution in [0.2, 0.25) is 0 Å². The molecule has 1 amide bonds. The Morgan fingerprint density at radius 1 is 1.26 bits per heavy atom. The number of carbonyl (C=O) groups excluding carboxylic acids is 1.